The molecule has 2 aromatic rings. The summed E-state index contributed by atoms with van der Waals surface area (Å²) >= 11 is 0. The lowest BCUT2D eigenvalue weighted by Gasteiger charge is -2.07. The number of benzene rings is 1. The second-order valence-electron chi connectivity index (χ2n) is 3.83. The number of nitrogens with one attached hydrogen (secondary N) is 1. The molecule has 0 radical (unpaired) electrons. The van der Waals surface area contributed by atoms with Crippen LogP contribution in [0, 0.1) is 5.82 Å². The van der Waals surface area contributed by atoms with E-state index in [1.807, 2.05) is 5.43 Å². The Kier molecular flexibility index (Phi) is 4.11. The van der Waals surface area contributed by atoms with Crippen molar-refractivity contribution < 1.29 is 23.1 Å². The molecule has 0 aliphatic carbocycles. The third-order valence-corrected chi connectivity index (χ3v) is 2.57. The Hall–Kier alpha value is -2.67. The minimum Gasteiger partial charge on any atom is -0.483 e. The molecule has 0 aliphatic heterocycles. The van der Waals surface area contributed by atoms with Crippen LogP contribution in [0.2, 0.25) is 0 Å². The first-order chi connectivity index (χ1) is 9.65. The molecule has 20 heavy (non-hydrogen) atoms. The molecule has 1 amide bonds. The minimum atomic E-state index is -0.675. The largest absolute Gasteiger partial charge is 0.483 e. The van der Waals surface area contributed by atoms with Gasteiger partial charge in [-0.1, -0.05) is 0 Å². The predicted molar refractivity (Wildman–Crippen MR) is 66.5 cm³/mol. The van der Waals surface area contributed by atoms with Crippen molar-refractivity contribution in [3.05, 3.63) is 53.2 Å². The van der Waals surface area contributed by atoms with Gasteiger partial charge in [-0.2, -0.15) is 0 Å². The zero-order chi connectivity index (χ0) is 14.5. The summed E-state index contributed by atoms with van der Waals surface area (Å²) < 4.78 is 23.9. The number of amides is 1. The van der Waals surface area contributed by atoms with Crippen LogP contribution in [-0.2, 0) is 6.61 Å². The number of hydrogen-bond acceptors (Lipinski definition) is 5. The van der Waals surface area contributed by atoms with Gasteiger partial charge in [0.05, 0.1) is 11.8 Å². The van der Waals surface area contributed by atoms with Crippen molar-refractivity contribution in [2.75, 3.05) is 0 Å². The fraction of sp³-hybridized carbons (Fsp3) is 0.0769. The van der Waals surface area contributed by atoms with E-state index in [-0.39, 0.29) is 29.2 Å². The van der Waals surface area contributed by atoms with Crippen LogP contribution in [0.15, 0.2) is 34.9 Å². The maximum atomic E-state index is 13.6. The Morgan fingerprint density at radius 1 is 1.45 bits per heavy atom. The molecule has 1 aromatic carbocycles. The van der Waals surface area contributed by atoms with Crippen LogP contribution in [0.5, 0.6) is 5.75 Å². The molecule has 2 rings (SSSR count). The van der Waals surface area contributed by atoms with E-state index in [0.29, 0.717) is 6.29 Å². The highest BCUT2D eigenvalue weighted by atomic mass is 19.1. The number of carbonyl (C=O) groups excluding carboxylic acids is 2. The summed E-state index contributed by atoms with van der Waals surface area (Å²) in [6.45, 7) is -0.146. The first kappa shape index (κ1) is 13.8. The van der Waals surface area contributed by atoms with Crippen molar-refractivity contribution in [1.82, 2.24) is 5.43 Å². The maximum absolute atomic E-state index is 13.6. The Labute approximate surface area is 113 Å². The number of nitrogens with two attached hydrogens (primary N) is 1. The number of hydrogen-bond donors (Lipinski definition) is 2. The highest BCUT2D eigenvalue weighted by Gasteiger charge is 2.15. The topological polar surface area (TPSA) is 94.6 Å². The van der Waals surface area contributed by atoms with E-state index < -0.39 is 11.7 Å². The van der Waals surface area contributed by atoms with E-state index in [0.717, 1.165) is 6.07 Å². The van der Waals surface area contributed by atoms with Crippen molar-refractivity contribution in [3.63, 3.8) is 0 Å². The summed E-state index contributed by atoms with van der Waals surface area (Å²) in [6.07, 6.45) is 1.83. The fourth-order valence-electron chi connectivity index (χ4n) is 1.58. The highest BCUT2D eigenvalue weighted by Crippen LogP contribution is 2.20. The van der Waals surface area contributed by atoms with Crippen molar-refractivity contribution >= 4 is 12.2 Å². The van der Waals surface area contributed by atoms with E-state index in [1.54, 1.807) is 0 Å². The van der Waals surface area contributed by atoms with Gasteiger partial charge in [-0.25, -0.2) is 10.2 Å². The summed E-state index contributed by atoms with van der Waals surface area (Å²) in [6, 6.07) is 5.22. The first-order valence-electron chi connectivity index (χ1n) is 5.60. The Bertz CT molecular complexity index is 639. The number of aldehydes is 1. The molecule has 104 valence electrons. The van der Waals surface area contributed by atoms with E-state index in [4.69, 9.17) is 15.0 Å². The van der Waals surface area contributed by atoms with Crippen molar-refractivity contribution in [3.8, 4) is 5.75 Å². The van der Waals surface area contributed by atoms with Crippen LogP contribution in [-0.4, -0.2) is 12.2 Å². The lowest BCUT2D eigenvalue weighted by molar-refractivity contribution is 0.0948. The molecule has 1 heterocycles. The van der Waals surface area contributed by atoms with Gasteiger partial charge >= 0.3 is 0 Å². The molecule has 7 heteroatoms. The van der Waals surface area contributed by atoms with E-state index in [2.05, 4.69) is 0 Å². The normalized spacial score (nSPS) is 10.1. The van der Waals surface area contributed by atoms with Gasteiger partial charge in [0.25, 0.3) is 5.91 Å². The average Bonchev–Trinajstić information content (AvgIpc) is 2.93. The predicted octanol–water partition coefficient (Wildman–Crippen LogP) is 1.41. The van der Waals surface area contributed by atoms with Gasteiger partial charge < -0.3 is 9.15 Å². The lowest BCUT2D eigenvalue weighted by Crippen LogP contribution is -2.30. The third kappa shape index (κ3) is 2.83. The summed E-state index contributed by atoms with van der Waals surface area (Å²) in [5.74, 6) is 3.98. The molecule has 0 aliphatic rings. The summed E-state index contributed by atoms with van der Waals surface area (Å²) in [5.41, 5.74) is 2.38. The Morgan fingerprint density at radius 3 is 2.90 bits per heavy atom. The number of carbonyl (C=O) groups is 2. The van der Waals surface area contributed by atoms with Gasteiger partial charge in [0.15, 0.2) is 17.3 Å². The number of hydrazine groups is 1. The minimum absolute atomic E-state index is 0.0499. The SMILES string of the molecule is NNC(=O)c1ccoc1COc1ccc(C=O)cc1F. The smallest absolute Gasteiger partial charge is 0.268 e. The first-order valence-corrected chi connectivity index (χ1v) is 5.60. The molecule has 0 fully saturated rings. The van der Waals surface area contributed by atoms with Gasteiger partial charge in [0.2, 0.25) is 0 Å². The van der Waals surface area contributed by atoms with Crippen molar-refractivity contribution in [1.29, 1.82) is 0 Å². The standard InChI is InChI=1S/C13H11FN2O4/c14-10-5-8(6-17)1-2-11(10)20-7-12-9(3-4-19-12)13(18)16-15/h1-6H,7,15H2,(H,16,18). The molecule has 6 nitrogen and oxygen atoms in total. The molecular weight excluding hydrogens is 267 g/mol. The van der Waals surface area contributed by atoms with Crippen LogP contribution < -0.4 is 16.0 Å². The number of ether oxygens (including phenoxy) is 1. The number of rotatable bonds is 5. The quantitative estimate of drug-likeness (QED) is 0.373. The van der Waals surface area contributed by atoms with Crippen LogP contribution in [0.1, 0.15) is 26.5 Å². The highest BCUT2D eigenvalue weighted by molar-refractivity contribution is 5.94. The van der Waals surface area contributed by atoms with Crippen LogP contribution in [0.3, 0.4) is 0 Å². The maximum Gasteiger partial charge on any atom is 0.268 e. The molecule has 0 bridgehead atoms. The van der Waals surface area contributed by atoms with E-state index >= 15 is 0 Å². The number of nitrogen functional groups attached to an aromatic ring is 1. The van der Waals surface area contributed by atoms with Crippen molar-refractivity contribution in [2.45, 2.75) is 6.61 Å². The van der Waals surface area contributed by atoms with E-state index in [1.165, 1.54) is 24.5 Å². The summed E-state index contributed by atoms with van der Waals surface area (Å²) in [7, 11) is 0. The molecule has 0 saturated carbocycles. The van der Waals surface area contributed by atoms with Gasteiger partial charge in [-0.3, -0.25) is 15.0 Å². The molecule has 0 spiro atoms. The van der Waals surface area contributed by atoms with Crippen LogP contribution >= 0.6 is 0 Å². The lowest BCUT2D eigenvalue weighted by atomic mass is 10.2. The molecule has 0 saturated heterocycles. The average molecular weight is 278 g/mol. The van der Waals surface area contributed by atoms with Crippen LogP contribution in [0.25, 0.3) is 0 Å². The zero-order valence-corrected chi connectivity index (χ0v) is 10.3. The van der Waals surface area contributed by atoms with Crippen LogP contribution in [0.4, 0.5) is 4.39 Å². The fourth-order valence-corrected chi connectivity index (χ4v) is 1.58. The van der Waals surface area contributed by atoms with Gasteiger partial charge in [-0.15, -0.1) is 0 Å². The second kappa shape index (κ2) is 5.98. The molecule has 3 N–H and O–H groups in total. The molecular formula is C13H11FN2O4. The summed E-state index contributed by atoms with van der Waals surface area (Å²) in [4.78, 5) is 21.9. The van der Waals surface area contributed by atoms with Gasteiger partial charge in [-0.05, 0) is 24.3 Å². The zero-order valence-electron chi connectivity index (χ0n) is 10.3. The van der Waals surface area contributed by atoms with Gasteiger partial charge in [0.1, 0.15) is 12.9 Å². The second-order valence-corrected chi connectivity index (χ2v) is 3.83. The Balaban J connectivity index is 2.11. The molecule has 1 aromatic heterocycles. The monoisotopic (exact) mass is 278 g/mol. The summed E-state index contributed by atoms with van der Waals surface area (Å²) in [5, 5.41) is 0. The van der Waals surface area contributed by atoms with Gasteiger partial charge in [0, 0.05) is 5.56 Å². The van der Waals surface area contributed by atoms with Crippen molar-refractivity contribution in [2.24, 2.45) is 5.84 Å². The number of furan rings is 1. The molecule has 0 unspecified atom stereocenters. The third-order valence-electron chi connectivity index (χ3n) is 2.57. The van der Waals surface area contributed by atoms with E-state index in [9.17, 15) is 14.0 Å². The Morgan fingerprint density at radius 2 is 2.25 bits per heavy atom. The molecule has 0 atom stereocenters. The number of halogens is 1.